The van der Waals surface area contributed by atoms with Gasteiger partial charge < -0.3 is 19.5 Å². The normalized spacial score (nSPS) is 11.4. The maximum Gasteiger partial charge on any atom is 0.411 e. The molecule has 2 aromatic carbocycles. The Kier molecular flexibility index (Phi) is 7.90. The van der Waals surface area contributed by atoms with Gasteiger partial charge in [0.15, 0.2) is 11.5 Å². The zero-order valence-electron chi connectivity index (χ0n) is 16.5. The van der Waals surface area contributed by atoms with E-state index in [9.17, 15) is 18.0 Å². The average Bonchev–Trinajstić information content (AvgIpc) is 2.66. The Morgan fingerprint density at radius 1 is 1.03 bits per heavy atom. The molecule has 29 heavy (non-hydrogen) atoms. The lowest BCUT2D eigenvalue weighted by atomic mass is 10.1. The second-order valence-electron chi connectivity index (χ2n) is 6.64. The van der Waals surface area contributed by atoms with Gasteiger partial charge in [-0.05, 0) is 43.2 Å². The predicted molar refractivity (Wildman–Crippen MR) is 102 cm³/mol. The summed E-state index contributed by atoms with van der Waals surface area (Å²) in [5.74, 6) is 0.744. The molecule has 1 amide bonds. The molecule has 0 heterocycles. The van der Waals surface area contributed by atoms with Gasteiger partial charge in [0.2, 0.25) is 0 Å². The molecule has 0 spiro atoms. The van der Waals surface area contributed by atoms with Crippen LogP contribution in [0, 0.1) is 0 Å². The van der Waals surface area contributed by atoms with Crippen LogP contribution >= 0.6 is 0 Å². The van der Waals surface area contributed by atoms with E-state index in [0.29, 0.717) is 22.6 Å². The maximum atomic E-state index is 12.4. The van der Waals surface area contributed by atoms with E-state index in [1.807, 2.05) is 13.8 Å². The minimum Gasteiger partial charge on any atom is -0.493 e. The molecule has 0 bridgehead atoms. The zero-order valence-corrected chi connectivity index (χ0v) is 16.5. The summed E-state index contributed by atoms with van der Waals surface area (Å²) in [6.45, 7) is 2.66. The van der Waals surface area contributed by atoms with Crippen LogP contribution < -0.4 is 14.8 Å². The molecule has 8 heteroatoms. The van der Waals surface area contributed by atoms with E-state index < -0.39 is 12.8 Å². The zero-order chi connectivity index (χ0) is 21.4. The molecular formula is C21H24F3NO4. The molecule has 0 radical (unpaired) electrons. The van der Waals surface area contributed by atoms with Crippen molar-refractivity contribution in [2.75, 3.05) is 13.7 Å². The van der Waals surface area contributed by atoms with E-state index in [-0.39, 0.29) is 25.2 Å². The maximum absolute atomic E-state index is 12.4. The number of carbonyl (C=O) groups excluding carboxylic acids is 1. The van der Waals surface area contributed by atoms with Gasteiger partial charge in [-0.3, -0.25) is 4.79 Å². The number of alkyl halides is 3. The van der Waals surface area contributed by atoms with Crippen LogP contribution in [-0.2, 0) is 17.9 Å². The summed E-state index contributed by atoms with van der Waals surface area (Å²) in [5.41, 5.74) is 1.86. The SMILES string of the molecule is COc1cc(C(=O)NCc2ccc(COCC(F)(F)F)cc2)ccc1OC(C)C. The number of carbonyl (C=O) groups is 1. The Balaban J connectivity index is 1.90. The molecule has 158 valence electrons. The molecule has 2 rings (SSSR count). The number of methoxy groups -OCH3 is 1. The van der Waals surface area contributed by atoms with E-state index in [4.69, 9.17) is 9.47 Å². The predicted octanol–water partition coefficient (Wildman–Crippen LogP) is 4.49. The van der Waals surface area contributed by atoms with E-state index in [0.717, 1.165) is 5.56 Å². The van der Waals surface area contributed by atoms with Crippen molar-refractivity contribution in [3.05, 3.63) is 59.2 Å². The fraction of sp³-hybridized carbons (Fsp3) is 0.381. The van der Waals surface area contributed by atoms with Gasteiger partial charge in [-0.2, -0.15) is 13.2 Å². The van der Waals surface area contributed by atoms with Crippen LogP contribution in [0.25, 0.3) is 0 Å². The Morgan fingerprint density at radius 2 is 1.69 bits per heavy atom. The molecule has 0 aromatic heterocycles. The van der Waals surface area contributed by atoms with Crippen molar-refractivity contribution in [2.45, 2.75) is 39.3 Å². The largest absolute Gasteiger partial charge is 0.493 e. The van der Waals surface area contributed by atoms with Gasteiger partial charge in [-0.15, -0.1) is 0 Å². The Morgan fingerprint density at radius 3 is 2.28 bits per heavy atom. The molecule has 0 saturated heterocycles. The summed E-state index contributed by atoms with van der Waals surface area (Å²) in [5, 5.41) is 2.79. The standard InChI is InChI=1S/C21H24F3NO4/c1-14(2)29-18-9-8-17(10-19(18)27-3)20(26)25-11-15-4-6-16(7-5-15)12-28-13-21(22,23)24/h4-10,14H,11-13H2,1-3H3,(H,25,26). The fourth-order valence-electron chi connectivity index (χ4n) is 2.48. The second-order valence-corrected chi connectivity index (χ2v) is 6.64. The molecule has 0 aliphatic rings. The molecule has 0 fully saturated rings. The van der Waals surface area contributed by atoms with Crippen molar-refractivity contribution in [3.8, 4) is 11.5 Å². The highest BCUT2D eigenvalue weighted by atomic mass is 19.4. The highest BCUT2D eigenvalue weighted by Gasteiger charge is 2.27. The van der Waals surface area contributed by atoms with Crippen LogP contribution in [0.5, 0.6) is 11.5 Å². The number of amides is 1. The van der Waals surface area contributed by atoms with E-state index >= 15 is 0 Å². The van der Waals surface area contributed by atoms with Crippen molar-refractivity contribution in [3.63, 3.8) is 0 Å². The topological polar surface area (TPSA) is 56.8 Å². The van der Waals surface area contributed by atoms with Crippen molar-refractivity contribution < 1.29 is 32.2 Å². The Hall–Kier alpha value is -2.74. The first-order chi connectivity index (χ1) is 13.7. The van der Waals surface area contributed by atoms with Crippen LogP contribution in [0.4, 0.5) is 13.2 Å². The number of benzene rings is 2. The average molecular weight is 411 g/mol. The molecule has 0 aliphatic carbocycles. The van der Waals surface area contributed by atoms with Crippen molar-refractivity contribution in [1.82, 2.24) is 5.32 Å². The lowest BCUT2D eigenvalue weighted by Crippen LogP contribution is -2.22. The van der Waals surface area contributed by atoms with Crippen molar-refractivity contribution in [2.24, 2.45) is 0 Å². The quantitative estimate of drug-likeness (QED) is 0.661. The van der Waals surface area contributed by atoms with Crippen LogP contribution in [0.3, 0.4) is 0 Å². The molecule has 0 aliphatic heterocycles. The third-order valence-corrected chi connectivity index (χ3v) is 3.80. The number of hydrogen-bond acceptors (Lipinski definition) is 4. The van der Waals surface area contributed by atoms with Crippen LogP contribution in [-0.4, -0.2) is 31.9 Å². The summed E-state index contributed by atoms with van der Waals surface area (Å²) in [6, 6.07) is 11.7. The Bertz CT molecular complexity index is 805. The molecule has 1 N–H and O–H groups in total. The first-order valence-electron chi connectivity index (χ1n) is 9.03. The van der Waals surface area contributed by atoms with Gasteiger partial charge >= 0.3 is 6.18 Å². The summed E-state index contributed by atoms with van der Waals surface area (Å²) < 4.78 is 51.8. The first kappa shape index (κ1) is 22.5. The first-order valence-corrected chi connectivity index (χ1v) is 9.03. The lowest BCUT2D eigenvalue weighted by Gasteiger charge is -2.14. The minimum absolute atomic E-state index is 0.0228. The lowest BCUT2D eigenvalue weighted by molar-refractivity contribution is -0.176. The second kappa shape index (κ2) is 10.2. The third kappa shape index (κ3) is 7.65. The summed E-state index contributed by atoms with van der Waals surface area (Å²) in [7, 11) is 1.50. The summed E-state index contributed by atoms with van der Waals surface area (Å²) in [4.78, 5) is 12.4. The number of hydrogen-bond donors (Lipinski definition) is 1. The number of ether oxygens (including phenoxy) is 3. The summed E-state index contributed by atoms with van der Waals surface area (Å²) >= 11 is 0. The highest BCUT2D eigenvalue weighted by Crippen LogP contribution is 2.29. The monoisotopic (exact) mass is 411 g/mol. The van der Waals surface area contributed by atoms with Crippen LogP contribution in [0.15, 0.2) is 42.5 Å². The van der Waals surface area contributed by atoms with Crippen LogP contribution in [0.1, 0.15) is 35.3 Å². The smallest absolute Gasteiger partial charge is 0.411 e. The number of halogens is 3. The Labute approximate surface area is 167 Å². The molecule has 2 aromatic rings. The van der Waals surface area contributed by atoms with Crippen molar-refractivity contribution >= 4 is 5.91 Å². The summed E-state index contributed by atoms with van der Waals surface area (Å²) in [6.07, 6.45) is -4.36. The van der Waals surface area contributed by atoms with E-state index in [1.165, 1.54) is 7.11 Å². The third-order valence-electron chi connectivity index (χ3n) is 3.80. The van der Waals surface area contributed by atoms with Gasteiger partial charge in [0.1, 0.15) is 6.61 Å². The van der Waals surface area contributed by atoms with Crippen LogP contribution in [0.2, 0.25) is 0 Å². The van der Waals surface area contributed by atoms with Gasteiger partial charge in [0.05, 0.1) is 19.8 Å². The van der Waals surface area contributed by atoms with Gasteiger partial charge in [0.25, 0.3) is 5.91 Å². The minimum atomic E-state index is -4.34. The highest BCUT2D eigenvalue weighted by molar-refractivity contribution is 5.94. The molecule has 5 nitrogen and oxygen atoms in total. The fourth-order valence-corrected chi connectivity index (χ4v) is 2.48. The van der Waals surface area contributed by atoms with E-state index in [2.05, 4.69) is 10.1 Å². The van der Waals surface area contributed by atoms with Gasteiger partial charge in [-0.25, -0.2) is 0 Å². The molecule has 0 saturated carbocycles. The van der Waals surface area contributed by atoms with Gasteiger partial charge in [-0.1, -0.05) is 24.3 Å². The van der Waals surface area contributed by atoms with E-state index in [1.54, 1.807) is 42.5 Å². The molecular weight excluding hydrogens is 387 g/mol. The number of nitrogens with one attached hydrogen (secondary N) is 1. The molecule has 0 unspecified atom stereocenters. The van der Waals surface area contributed by atoms with Crippen molar-refractivity contribution in [1.29, 1.82) is 0 Å². The van der Waals surface area contributed by atoms with Gasteiger partial charge in [0, 0.05) is 12.1 Å². The number of rotatable bonds is 9. The molecule has 0 atom stereocenters.